The van der Waals surface area contributed by atoms with E-state index in [1.54, 1.807) is 0 Å². The zero-order valence-electron chi connectivity index (χ0n) is 60.9. The van der Waals surface area contributed by atoms with Gasteiger partial charge >= 0.3 is 0 Å². The van der Waals surface area contributed by atoms with Crippen LogP contribution in [0.4, 0.5) is 51.2 Å². The molecule has 0 saturated carbocycles. The lowest BCUT2D eigenvalue weighted by Gasteiger charge is -2.49. The van der Waals surface area contributed by atoms with Crippen LogP contribution in [-0.4, -0.2) is 6.71 Å². The van der Waals surface area contributed by atoms with Gasteiger partial charge in [0.05, 0.1) is 5.69 Å². The Balaban J connectivity index is 1.17. The van der Waals surface area contributed by atoms with E-state index in [1.807, 2.05) is 0 Å². The zero-order chi connectivity index (χ0) is 66.1. The molecule has 4 aliphatic carbocycles. The quantitative estimate of drug-likeness (QED) is 0.159. The Kier molecular flexibility index (Phi) is 13.6. The number of hydrogen-bond acceptors (Lipinski definition) is 3. The molecule has 3 nitrogen and oxygen atoms in total. The van der Waals surface area contributed by atoms with E-state index in [0.717, 1.165) is 42.7 Å². The number of aryl methyl sites for hydroxylation is 1. The monoisotopic (exact) mass is 1220 g/mol. The number of benzene rings is 8. The maximum Gasteiger partial charge on any atom is 0.252 e. The van der Waals surface area contributed by atoms with Crippen molar-refractivity contribution in [2.45, 2.75) is 259 Å². The van der Waals surface area contributed by atoms with E-state index in [4.69, 9.17) is 0 Å². The average molecular weight is 1220 g/mol. The molecule has 476 valence electrons. The molecular formula is C88H106BN3. The molecular weight excluding hydrogens is 1110 g/mol. The Bertz CT molecular complexity index is 4320. The lowest BCUT2D eigenvalue weighted by Crippen LogP contribution is -2.62. The summed E-state index contributed by atoms with van der Waals surface area (Å²) in [4.78, 5) is 8.17. The molecule has 0 unspecified atom stereocenters. The molecule has 4 heteroatoms. The Hall–Kier alpha value is -6.78. The smallest absolute Gasteiger partial charge is 0.252 e. The molecule has 0 radical (unpaired) electrons. The summed E-state index contributed by atoms with van der Waals surface area (Å²) in [6.45, 7) is 58.7. The molecule has 6 aliphatic rings. The van der Waals surface area contributed by atoms with Gasteiger partial charge in [-0.05, 0) is 255 Å². The van der Waals surface area contributed by atoms with Crippen LogP contribution in [-0.2, 0) is 54.1 Å². The van der Waals surface area contributed by atoms with E-state index in [1.165, 1.54) is 141 Å². The molecule has 0 aromatic heterocycles. The van der Waals surface area contributed by atoms with Crippen molar-refractivity contribution >= 4 is 74.3 Å². The molecule has 0 bridgehead atoms. The normalized spacial score (nSPS) is 19.6. The fourth-order valence-electron chi connectivity index (χ4n) is 18.0. The van der Waals surface area contributed by atoms with Gasteiger partial charge in [-0.3, -0.25) is 0 Å². The Morgan fingerprint density at radius 2 is 0.783 bits per heavy atom. The highest BCUT2D eigenvalue weighted by atomic mass is 15.2. The van der Waals surface area contributed by atoms with Crippen LogP contribution >= 0.6 is 0 Å². The first-order valence-corrected chi connectivity index (χ1v) is 35.2. The van der Waals surface area contributed by atoms with Crippen molar-refractivity contribution in [2.75, 3.05) is 14.7 Å². The molecule has 2 heterocycles. The predicted octanol–water partition coefficient (Wildman–Crippen LogP) is 22.8. The van der Waals surface area contributed by atoms with Crippen LogP contribution in [0.5, 0.6) is 0 Å². The molecule has 0 atom stereocenters. The molecule has 0 spiro atoms. The standard InChI is InChI=1S/C88H106BN3/c1-53-44-65-68(86(19,20)42-40-83(65,13)14)51-72(53)92-73-48-61-60-26-25-27-63(81(8,9)10)77(60)88(23,24)64(61)49-70(73)89-71-50-67-69(87(21,22)43-41-85(67,17)18)52-74(71)91(58-36-37-62-66(45-58)84(15,16)39-38-82(62,11)12)75-46-59(47-76(92)78(75)89)90(56-32-28-54(29-33-56)79(2,3)4)57-34-30-55(31-35-57)80(5,6)7/h25-37,44-52H,38-43H2,1-24H3. The highest BCUT2D eigenvalue weighted by Gasteiger charge is 2.51. The van der Waals surface area contributed by atoms with E-state index in [2.05, 4.69) is 314 Å². The minimum Gasteiger partial charge on any atom is -0.311 e. The van der Waals surface area contributed by atoms with Crippen molar-refractivity contribution < 1.29 is 0 Å². The third-order valence-corrected chi connectivity index (χ3v) is 24.4. The molecule has 92 heavy (non-hydrogen) atoms. The number of anilines is 9. The summed E-state index contributed by atoms with van der Waals surface area (Å²) in [6.07, 6.45) is 6.92. The molecule has 0 amide bonds. The second kappa shape index (κ2) is 19.9. The second-order valence-corrected chi connectivity index (χ2v) is 37.2. The molecule has 8 aromatic rings. The fraction of sp³-hybridized carbons (Fsp3) is 0.455. The van der Waals surface area contributed by atoms with E-state index < -0.39 is 0 Å². The Morgan fingerprint density at radius 1 is 0.359 bits per heavy atom. The van der Waals surface area contributed by atoms with Crippen molar-refractivity contribution in [2.24, 2.45) is 0 Å². The molecule has 8 aromatic carbocycles. The topological polar surface area (TPSA) is 9.72 Å². The summed E-state index contributed by atoms with van der Waals surface area (Å²) in [6, 6.07) is 55.4. The summed E-state index contributed by atoms with van der Waals surface area (Å²) in [7, 11) is 0. The minimum atomic E-state index is -0.251. The first kappa shape index (κ1) is 62.7. The van der Waals surface area contributed by atoms with Gasteiger partial charge < -0.3 is 14.7 Å². The van der Waals surface area contributed by atoms with E-state index in [9.17, 15) is 0 Å². The average Bonchev–Trinajstić information content (AvgIpc) is 1.06. The van der Waals surface area contributed by atoms with Crippen molar-refractivity contribution in [1.82, 2.24) is 0 Å². The predicted molar refractivity (Wildman–Crippen MR) is 399 cm³/mol. The number of nitrogens with zero attached hydrogens (tertiary/aromatic N) is 3. The lowest BCUT2D eigenvalue weighted by atomic mass is 9.33. The first-order valence-electron chi connectivity index (χ1n) is 35.2. The maximum atomic E-state index is 2.80. The molecule has 0 N–H and O–H groups in total. The van der Waals surface area contributed by atoms with Gasteiger partial charge in [0.1, 0.15) is 0 Å². The van der Waals surface area contributed by atoms with E-state index in [-0.39, 0.29) is 60.9 Å². The first-order chi connectivity index (χ1) is 42.6. The summed E-state index contributed by atoms with van der Waals surface area (Å²) >= 11 is 0. The molecule has 0 saturated heterocycles. The maximum absolute atomic E-state index is 2.80. The van der Waals surface area contributed by atoms with Crippen LogP contribution in [0.15, 0.2) is 133 Å². The summed E-state index contributed by atoms with van der Waals surface area (Å²) in [5, 5.41) is 0. The second-order valence-electron chi connectivity index (χ2n) is 37.2. The Morgan fingerprint density at radius 3 is 1.27 bits per heavy atom. The van der Waals surface area contributed by atoms with Crippen LogP contribution in [0.2, 0.25) is 0 Å². The van der Waals surface area contributed by atoms with Gasteiger partial charge in [-0.15, -0.1) is 0 Å². The lowest BCUT2D eigenvalue weighted by molar-refractivity contribution is 0.332. The number of fused-ring (bicyclic) bond motifs is 10. The van der Waals surface area contributed by atoms with Gasteiger partial charge in [0.25, 0.3) is 6.71 Å². The largest absolute Gasteiger partial charge is 0.311 e. The van der Waals surface area contributed by atoms with Crippen molar-refractivity contribution in [1.29, 1.82) is 0 Å². The highest BCUT2D eigenvalue weighted by Crippen LogP contribution is 2.59. The van der Waals surface area contributed by atoms with Crippen LogP contribution in [0, 0.1) is 6.92 Å². The third kappa shape index (κ3) is 9.51. The summed E-state index contributed by atoms with van der Waals surface area (Å²) < 4.78 is 0. The SMILES string of the molecule is Cc1cc2c(cc1N1c3cc4c(cc3B3c5cc6c(cc5N(c5ccc7c(c5)C(C)(C)CCC7(C)C)c5cc(N(c7ccc(C(C)(C)C)cc7)c7ccc(C(C)(C)C)cc7)cc1c53)C(C)(C)CCC6(C)C)C(C)(C)c1c-4cccc1C(C)(C)C)C(C)(C)CCC2(C)C. The number of hydrogen-bond donors (Lipinski definition) is 0. The van der Waals surface area contributed by atoms with Crippen LogP contribution in [0.1, 0.15) is 265 Å². The van der Waals surface area contributed by atoms with Crippen molar-refractivity contribution in [3.63, 3.8) is 0 Å². The van der Waals surface area contributed by atoms with Gasteiger partial charge in [-0.2, -0.15) is 0 Å². The molecule has 0 fully saturated rings. The van der Waals surface area contributed by atoms with Crippen LogP contribution in [0.3, 0.4) is 0 Å². The van der Waals surface area contributed by atoms with Crippen LogP contribution in [0.25, 0.3) is 11.1 Å². The summed E-state index contributed by atoms with van der Waals surface area (Å²) in [5.74, 6) is 0. The van der Waals surface area contributed by atoms with Crippen LogP contribution < -0.4 is 31.1 Å². The zero-order valence-corrected chi connectivity index (χ0v) is 60.9. The Labute approximate surface area is 555 Å². The van der Waals surface area contributed by atoms with Gasteiger partial charge in [0.2, 0.25) is 0 Å². The van der Waals surface area contributed by atoms with Crippen molar-refractivity contribution in [3.8, 4) is 11.1 Å². The minimum absolute atomic E-state index is 0.0000629. The summed E-state index contributed by atoms with van der Waals surface area (Å²) in [5.41, 5.74) is 35.0. The molecule has 2 aliphatic heterocycles. The van der Waals surface area contributed by atoms with E-state index in [0.29, 0.717) is 0 Å². The van der Waals surface area contributed by atoms with E-state index >= 15 is 0 Å². The third-order valence-electron chi connectivity index (χ3n) is 24.4. The molecule has 14 rings (SSSR count). The van der Waals surface area contributed by atoms with Gasteiger partial charge in [0, 0.05) is 50.9 Å². The van der Waals surface area contributed by atoms with Gasteiger partial charge in [-0.25, -0.2) is 0 Å². The number of rotatable bonds is 5. The van der Waals surface area contributed by atoms with Gasteiger partial charge in [0.15, 0.2) is 0 Å². The van der Waals surface area contributed by atoms with Gasteiger partial charge in [-0.1, -0.05) is 226 Å². The van der Waals surface area contributed by atoms with Crippen molar-refractivity contribution in [3.05, 3.63) is 200 Å². The fourth-order valence-corrected chi connectivity index (χ4v) is 18.0. The highest BCUT2D eigenvalue weighted by molar-refractivity contribution is 7.00.